The molecule has 0 atom stereocenters. The second-order valence-corrected chi connectivity index (χ2v) is 3.64. The fraction of sp³-hybridized carbons (Fsp3) is 0.600. The van der Waals surface area contributed by atoms with Crippen LogP contribution in [-0.2, 0) is 0 Å². The molecule has 1 aliphatic carbocycles. The van der Waals surface area contributed by atoms with Crippen molar-refractivity contribution in [1.82, 2.24) is 9.97 Å². The number of hydrogen-bond acceptors (Lipinski definition) is 4. The Kier molecular flexibility index (Phi) is 2.81. The number of anilines is 2. The first kappa shape index (κ1) is 9.24. The average molecular weight is 192 g/mol. The molecule has 0 spiro atoms. The molecule has 1 heterocycles. The van der Waals surface area contributed by atoms with E-state index in [0.29, 0.717) is 0 Å². The van der Waals surface area contributed by atoms with Gasteiger partial charge in [-0.05, 0) is 25.7 Å². The maximum absolute atomic E-state index is 4.16. The van der Waals surface area contributed by atoms with Crippen molar-refractivity contribution < 1.29 is 0 Å². The van der Waals surface area contributed by atoms with Gasteiger partial charge in [0.2, 0.25) is 0 Å². The lowest BCUT2D eigenvalue weighted by Crippen LogP contribution is -2.06. The number of hydrogen-bond donors (Lipinski definition) is 2. The summed E-state index contributed by atoms with van der Waals surface area (Å²) in [6, 6.07) is 1.95. The van der Waals surface area contributed by atoms with Gasteiger partial charge in [-0.2, -0.15) is 0 Å². The molecule has 0 unspecified atom stereocenters. The highest BCUT2D eigenvalue weighted by Gasteiger charge is 2.20. The third-order valence-corrected chi connectivity index (χ3v) is 2.29. The smallest absolute Gasteiger partial charge is 0.131 e. The Morgan fingerprint density at radius 1 is 1.29 bits per heavy atom. The lowest BCUT2D eigenvalue weighted by molar-refractivity contribution is 0.881. The van der Waals surface area contributed by atoms with E-state index in [1.165, 1.54) is 12.8 Å². The Labute approximate surface area is 84.2 Å². The van der Waals surface area contributed by atoms with E-state index in [0.717, 1.165) is 30.6 Å². The van der Waals surface area contributed by atoms with Gasteiger partial charge in [-0.25, -0.2) is 9.97 Å². The van der Waals surface area contributed by atoms with Crippen LogP contribution in [0.15, 0.2) is 12.4 Å². The van der Waals surface area contributed by atoms with E-state index in [1.807, 2.05) is 6.07 Å². The Morgan fingerprint density at radius 2 is 2.00 bits per heavy atom. The van der Waals surface area contributed by atoms with Crippen LogP contribution in [0.25, 0.3) is 0 Å². The van der Waals surface area contributed by atoms with Gasteiger partial charge < -0.3 is 10.6 Å². The summed E-state index contributed by atoms with van der Waals surface area (Å²) >= 11 is 0. The second-order valence-electron chi connectivity index (χ2n) is 3.64. The second kappa shape index (κ2) is 4.26. The SMILES string of the molecule is CCNc1cc(NCC2CC2)ncn1. The van der Waals surface area contributed by atoms with Gasteiger partial charge >= 0.3 is 0 Å². The molecule has 1 aromatic rings. The molecule has 0 aromatic carbocycles. The zero-order chi connectivity index (χ0) is 9.80. The summed E-state index contributed by atoms with van der Waals surface area (Å²) in [5, 5.41) is 6.47. The molecule has 0 aliphatic heterocycles. The van der Waals surface area contributed by atoms with Crippen LogP contribution in [0.4, 0.5) is 11.6 Å². The van der Waals surface area contributed by atoms with Crippen LogP contribution in [0.1, 0.15) is 19.8 Å². The minimum absolute atomic E-state index is 0.868. The van der Waals surface area contributed by atoms with Crippen molar-refractivity contribution in [1.29, 1.82) is 0 Å². The molecule has 4 nitrogen and oxygen atoms in total. The Hall–Kier alpha value is -1.32. The maximum atomic E-state index is 4.16. The molecule has 2 N–H and O–H groups in total. The number of rotatable bonds is 5. The summed E-state index contributed by atoms with van der Waals surface area (Å²) in [6.45, 7) is 3.99. The zero-order valence-electron chi connectivity index (χ0n) is 8.45. The predicted molar refractivity (Wildman–Crippen MR) is 57.4 cm³/mol. The van der Waals surface area contributed by atoms with E-state index >= 15 is 0 Å². The van der Waals surface area contributed by atoms with Crippen LogP contribution in [0.2, 0.25) is 0 Å². The molecule has 1 saturated carbocycles. The molecule has 1 aliphatic rings. The van der Waals surface area contributed by atoms with Gasteiger partial charge in [0.15, 0.2) is 0 Å². The van der Waals surface area contributed by atoms with Crippen molar-refractivity contribution in [3.8, 4) is 0 Å². The first-order chi connectivity index (χ1) is 6.88. The molecule has 0 saturated heterocycles. The van der Waals surface area contributed by atoms with Crippen LogP contribution in [0.5, 0.6) is 0 Å². The monoisotopic (exact) mass is 192 g/mol. The first-order valence-electron chi connectivity index (χ1n) is 5.18. The standard InChI is InChI=1S/C10H16N4/c1-2-11-9-5-10(14-7-13-9)12-6-8-3-4-8/h5,7-8H,2-4,6H2,1H3,(H2,11,12,13,14). The summed E-state index contributed by atoms with van der Waals surface area (Å²) in [6.07, 6.45) is 4.31. The van der Waals surface area contributed by atoms with Gasteiger partial charge in [-0.3, -0.25) is 0 Å². The van der Waals surface area contributed by atoms with Gasteiger partial charge in [0.05, 0.1) is 0 Å². The summed E-state index contributed by atoms with van der Waals surface area (Å²) in [7, 11) is 0. The zero-order valence-corrected chi connectivity index (χ0v) is 8.45. The maximum Gasteiger partial charge on any atom is 0.131 e. The molecule has 0 bridgehead atoms. The molecule has 2 rings (SSSR count). The average Bonchev–Trinajstić information content (AvgIpc) is 2.99. The normalized spacial score (nSPS) is 15.2. The van der Waals surface area contributed by atoms with Crippen LogP contribution in [-0.4, -0.2) is 23.1 Å². The van der Waals surface area contributed by atoms with E-state index in [9.17, 15) is 0 Å². The quantitative estimate of drug-likeness (QED) is 0.746. The van der Waals surface area contributed by atoms with Crippen LogP contribution in [0.3, 0.4) is 0 Å². The molecule has 76 valence electrons. The van der Waals surface area contributed by atoms with Crippen LogP contribution >= 0.6 is 0 Å². The van der Waals surface area contributed by atoms with E-state index in [-0.39, 0.29) is 0 Å². The fourth-order valence-electron chi connectivity index (χ4n) is 1.30. The summed E-state index contributed by atoms with van der Waals surface area (Å²) in [5.74, 6) is 2.68. The third-order valence-electron chi connectivity index (χ3n) is 2.29. The summed E-state index contributed by atoms with van der Waals surface area (Å²) < 4.78 is 0. The molecular weight excluding hydrogens is 176 g/mol. The Bertz CT molecular complexity index is 296. The molecule has 0 amide bonds. The molecular formula is C10H16N4. The Morgan fingerprint density at radius 3 is 2.64 bits per heavy atom. The van der Waals surface area contributed by atoms with Crippen LogP contribution in [0, 0.1) is 5.92 Å². The van der Waals surface area contributed by atoms with Gasteiger partial charge in [-0.1, -0.05) is 0 Å². The first-order valence-corrected chi connectivity index (χ1v) is 5.18. The minimum atomic E-state index is 0.868. The highest BCUT2D eigenvalue weighted by molar-refractivity contribution is 5.46. The van der Waals surface area contributed by atoms with Crippen molar-refractivity contribution in [3.63, 3.8) is 0 Å². The number of nitrogens with one attached hydrogen (secondary N) is 2. The van der Waals surface area contributed by atoms with Gasteiger partial charge in [0.1, 0.15) is 18.0 Å². The topological polar surface area (TPSA) is 49.8 Å². The van der Waals surface area contributed by atoms with E-state index in [2.05, 4.69) is 27.5 Å². The minimum Gasteiger partial charge on any atom is -0.370 e. The molecule has 0 radical (unpaired) electrons. The van der Waals surface area contributed by atoms with Crippen molar-refractivity contribution in [2.75, 3.05) is 23.7 Å². The van der Waals surface area contributed by atoms with Crippen LogP contribution < -0.4 is 10.6 Å². The number of nitrogens with zero attached hydrogens (tertiary/aromatic N) is 2. The largest absolute Gasteiger partial charge is 0.370 e. The lowest BCUT2D eigenvalue weighted by Gasteiger charge is -2.06. The molecule has 4 heteroatoms. The van der Waals surface area contributed by atoms with Crippen molar-refractivity contribution in [3.05, 3.63) is 12.4 Å². The highest BCUT2D eigenvalue weighted by Crippen LogP contribution is 2.28. The number of aromatic nitrogens is 2. The van der Waals surface area contributed by atoms with Gasteiger partial charge in [0.25, 0.3) is 0 Å². The van der Waals surface area contributed by atoms with E-state index < -0.39 is 0 Å². The Balaban J connectivity index is 1.90. The van der Waals surface area contributed by atoms with Crippen molar-refractivity contribution in [2.24, 2.45) is 5.92 Å². The molecule has 14 heavy (non-hydrogen) atoms. The van der Waals surface area contributed by atoms with Gasteiger partial charge in [0, 0.05) is 19.2 Å². The summed E-state index contributed by atoms with van der Waals surface area (Å²) in [5.41, 5.74) is 0. The van der Waals surface area contributed by atoms with Gasteiger partial charge in [-0.15, -0.1) is 0 Å². The highest BCUT2D eigenvalue weighted by atomic mass is 15.1. The molecule has 1 fully saturated rings. The molecule has 1 aromatic heterocycles. The predicted octanol–water partition coefficient (Wildman–Crippen LogP) is 1.73. The lowest BCUT2D eigenvalue weighted by atomic mass is 10.4. The third kappa shape index (κ3) is 2.58. The van der Waals surface area contributed by atoms with Crippen molar-refractivity contribution >= 4 is 11.6 Å². The van der Waals surface area contributed by atoms with E-state index in [1.54, 1.807) is 6.33 Å². The van der Waals surface area contributed by atoms with E-state index in [4.69, 9.17) is 0 Å². The summed E-state index contributed by atoms with van der Waals surface area (Å²) in [4.78, 5) is 8.27. The fourth-order valence-corrected chi connectivity index (χ4v) is 1.30. The van der Waals surface area contributed by atoms with Crippen molar-refractivity contribution in [2.45, 2.75) is 19.8 Å².